The van der Waals surface area contributed by atoms with Gasteiger partial charge < -0.3 is 10.1 Å². The van der Waals surface area contributed by atoms with E-state index in [0.717, 1.165) is 4.31 Å². The first-order valence-corrected chi connectivity index (χ1v) is 7.30. The fourth-order valence-corrected chi connectivity index (χ4v) is 4.86. The second kappa shape index (κ2) is 4.31. The molecule has 2 N–H and O–H groups in total. The van der Waals surface area contributed by atoms with Crippen LogP contribution in [0, 0.1) is 0 Å². The van der Waals surface area contributed by atoms with Crippen molar-refractivity contribution < 1.29 is 18.3 Å². The highest BCUT2D eigenvalue weighted by Crippen LogP contribution is 2.33. The standard InChI is InChI=1S/C8H11N3O4S2/c1-5-11(6(3-16-5)8(12)13)17(14,15)7-2-9-4-10-7/h2,4-6H,3H2,1H3,(H,9,10)(H,12,13). The molecule has 2 rings (SSSR count). The molecule has 0 amide bonds. The van der Waals surface area contributed by atoms with Gasteiger partial charge in [0.25, 0.3) is 10.0 Å². The van der Waals surface area contributed by atoms with Gasteiger partial charge >= 0.3 is 5.97 Å². The van der Waals surface area contributed by atoms with Crippen molar-refractivity contribution in [3.05, 3.63) is 12.5 Å². The second-order valence-corrected chi connectivity index (χ2v) is 6.70. The van der Waals surface area contributed by atoms with Crippen molar-refractivity contribution >= 4 is 27.8 Å². The lowest BCUT2D eigenvalue weighted by Crippen LogP contribution is -2.44. The number of nitrogens with zero attached hydrogens (tertiary/aromatic N) is 2. The van der Waals surface area contributed by atoms with Crippen molar-refractivity contribution in [2.75, 3.05) is 5.75 Å². The normalized spacial score (nSPS) is 26.2. The summed E-state index contributed by atoms with van der Waals surface area (Å²) in [6.45, 7) is 1.67. The summed E-state index contributed by atoms with van der Waals surface area (Å²) in [6, 6.07) is -1.02. The predicted octanol–water partition coefficient (Wildman–Crippen LogP) is -0.0536. The van der Waals surface area contributed by atoms with Crippen LogP contribution in [0.3, 0.4) is 0 Å². The lowest BCUT2D eigenvalue weighted by atomic mass is 10.3. The molecule has 1 aromatic heterocycles. The SMILES string of the molecule is CC1SCC(C(=O)O)N1S(=O)(=O)c1cnc[nH]1. The van der Waals surface area contributed by atoms with E-state index in [2.05, 4.69) is 9.97 Å². The number of aromatic amines is 1. The van der Waals surface area contributed by atoms with Gasteiger partial charge in [-0.15, -0.1) is 11.8 Å². The van der Waals surface area contributed by atoms with E-state index in [4.69, 9.17) is 5.11 Å². The molecule has 1 aliphatic rings. The zero-order valence-corrected chi connectivity index (χ0v) is 10.5. The largest absolute Gasteiger partial charge is 0.480 e. The zero-order chi connectivity index (χ0) is 12.6. The first-order chi connectivity index (χ1) is 7.94. The van der Waals surface area contributed by atoms with Gasteiger partial charge in [0.15, 0.2) is 5.03 Å². The average molecular weight is 277 g/mol. The van der Waals surface area contributed by atoms with Crippen LogP contribution in [0.15, 0.2) is 17.6 Å². The molecule has 1 fully saturated rings. The van der Waals surface area contributed by atoms with Crippen molar-refractivity contribution in [2.24, 2.45) is 0 Å². The Labute approximate surface area is 102 Å². The fraction of sp³-hybridized carbons (Fsp3) is 0.500. The molecule has 2 unspecified atom stereocenters. The Bertz CT molecular complexity index is 513. The fourth-order valence-electron chi connectivity index (χ4n) is 1.67. The Balaban J connectivity index is 2.41. The minimum Gasteiger partial charge on any atom is -0.480 e. The van der Waals surface area contributed by atoms with Gasteiger partial charge in [-0.3, -0.25) is 4.79 Å². The van der Waals surface area contributed by atoms with E-state index >= 15 is 0 Å². The minimum atomic E-state index is -3.83. The zero-order valence-electron chi connectivity index (χ0n) is 8.90. The summed E-state index contributed by atoms with van der Waals surface area (Å²) in [5.74, 6) is -0.880. The topological polar surface area (TPSA) is 103 Å². The lowest BCUT2D eigenvalue weighted by molar-refractivity contribution is -0.140. The number of hydrogen-bond acceptors (Lipinski definition) is 5. The van der Waals surface area contributed by atoms with E-state index in [1.165, 1.54) is 24.3 Å². The maximum atomic E-state index is 12.2. The molecule has 1 saturated heterocycles. The van der Waals surface area contributed by atoms with E-state index < -0.39 is 27.4 Å². The molecule has 0 aromatic carbocycles. The maximum absolute atomic E-state index is 12.2. The number of imidazole rings is 1. The number of aromatic nitrogens is 2. The predicted molar refractivity (Wildman–Crippen MR) is 61.0 cm³/mol. The van der Waals surface area contributed by atoms with Crippen molar-refractivity contribution in [3.8, 4) is 0 Å². The van der Waals surface area contributed by atoms with Crippen LogP contribution in [0.25, 0.3) is 0 Å². The molecule has 7 nitrogen and oxygen atoms in total. The molecule has 0 aliphatic carbocycles. The number of hydrogen-bond donors (Lipinski definition) is 2. The van der Waals surface area contributed by atoms with Crippen LogP contribution >= 0.6 is 11.8 Å². The van der Waals surface area contributed by atoms with Gasteiger partial charge in [0.2, 0.25) is 0 Å². The Hall–Kier alpha value is -1.06. The van der Waals surface area contributed by atoms with E-state index in [1.807, 2.05) is 0 Å². The number of aliphatic carboxylic acids is 1. The van der Waals surface area contributed by atoms with Crippen LogP contribution in [0.5, 0.6) is 0 Å². The average Bonchev–Trinajstić information content (AvgIpc) is 2.84. The van der Waals surface area contributed by atoms with Gasteiger partial charge in [-0.25, -0.2) is 13.4 Å². The summed E-state index contributed by atoms with van der Waals surface area (Å²) < 4.78 is 25.4. The van der Waals surface area contributed by atoms with Crippen LogP contribution in [-0.4, -0.2) is 50.9 Å². The van der Waals surface area contributed by atoms with Gasteiger partial charge in [-0.05, 0) is 6.92 Å². The van der Waals surface area contributed by atoms with Gasteiger partial charge in [0, 0.05) is 5.75 Å². The number of carbonyl (C=O) groups is 1. The maximum Gasteiger partial charge on any atom is 0.322 e. The van der Waals surface area contributed by atoms with Crippen molar-refractivity contribution in [2.45, 2.75) is 23.4 Å². The molecular formula is C8H11N3O4S2. The molecule has 0 saturated carbocycles. The summed E-state index contributed by atoms with van der Waals surface area (Å²) in [5.41, 5.74) is 0. The van der Waals surface area contributed by atoms with Crippen LogP contribution in [0.2, 0.25) is 0 Å². The third kappa shape index (κ3) is 2.05. The smallest absolute Gasteiger partial charge is 0.322 e. The molecule has 0 spiro atoms. The summed E-state index contributed by atoms with van der Waals surface area (Å²) >= 11 is 1.30. The van der Waals surface area contributed by atoms with E-state index in [1.54, 1.807) is 6.92 Å². The Morgan fingerprint density at radius 2 is 2.41 bits per heavy atom. The number of rotatable bonds is 3. The monoisotopic (exact) mass is 277 g/mol. The van der Waals surface area contributed by atoms with Gasteiger partial charge in [0.05, 0.1) is 17.9 Å². The molecule has 0 bridgehead atoms. The van der Waals surface area contributed by atoms with Crippen molar-refractivity contribution in [1.29, 1.82) is 0 Å². The molecular weight excluding hydrogens is 266 g/mol. The molecule has 1 aliphatic heterocycles. The third-order valence-corrected chi connectivity index (χ3v) is 5.73. The van der Waals surface area contributed by atoms with E-state index in [-0.39, 0.29) is 10.8 Å². The molecule has 2 heterocycles. The number of nitrogens with one attached hydrogen (secondary N) is 1. The van der Waals surface area contributed by atoms with Crippen LogP contribution in [0.4, 0.5) is 0 Å². The second-order valence-electron chi connectivity index (χ2n) is 3.54. The van der Waals surface area contributed by atoms with Crippen LogP contribution < -0.4 is 0 Å². The minimum absolute atomic E-state index is 0.0851. The first kappa shape index (κ1) is 12.4. The molecule has 1 aromatic rings. The number of H-pyrrole nitrogens is 1. The summed E-state index contributed by atoms with van der Waals surface area (Å²) in [7, 11) is -3.83. The highest BCUT2D eigenvalue weighted by atomic mass is 32.2. The van der Waals surface area contributed by atoms with Gasteiger partial charge in [-0.1, -0.05) is 0 Å². The van der Waals surface area contributed by atoms with Gasteiger partial charge in [-0.2, -0.15) is 4.31 Å². The lowest BCUT2D eigenvalue weighted by Gasteiger charge is -2.22. The van der Waals surface area contributed by atoms with Crippen molar-refractivity contribution in [1.82, 2.24) is 14.3 Å². The van der Waals surface area contributed by atoms with Crippen LogP contribution in [0.1, 0.15) is 6.92 Å². The summed E-state index contributed by atoms with van der Waals surface area (Å²) in [5, 5.41) is 8.53. The molecule has 2 atom stereocenters. The Kier molecular flexibility index (Phi) is 3.15. The summed E-state index contributed by atoms with van der Waals surface area (Å²) in [4.78, 5) is 17.2. The van der Waals surface area contributed by atoms with E-state index in [0.29, 0.717) is 0 Å². The Morgan fingerprint density at radius 1 is 1.71 bits per heavy atom. The first-order valence-electron chi connectivity index (χ1n) is 4.81. The highest BCUT2D eigenvalue weighted by Gasteiger charge is 2.44. The molecule has 94 valence electrons. The van der Waals surface area contributed by atoms with Gasteiger partial charge in [0.1, 0.15) is 6.04 Å². The number of thioether (sulfide) groups is 1. The summed E-state index contributed by atoms with van der Waals surface area (Å²) in [6.07, 6.45) is 2.42. The number of sulfonamides is 1. The van der Waals surface area contributed by atoms with Crippen LogP contribution in [-0.2, 0) is 14.8 Å². The highest BCUT2D eigenvalue weighted by molar-refractivity contribution is 8.01. The molecule has 0 radical (unpaired) electrons. The quantitative estimate of drug-likeness (QED) is 0.802. The van der Waals surface area contributed by atoms with Crippen molar-refractivity contribution in [3.63, 3.8) is 0 Å². The number of carboxylic acid groups (broad SMARTS) is 1. The Morgan fingerprint density at radius 3 is 2.94 bits per heavy atom. The van der Waals surface area contributed by atoms with E-state index in [9.17, 15) is 13.2 Å². The molecule has 17 heavy (non-hydrogen) atoms. The number of carboxylic acids is 1. The molecule has 9 heteroatoms. The third-order valence-electron chi connectivity index (χ3n) is 2.47.